The molecule has 100 valence electrons. The van der Waals surface area contributed by atoms with Crippen molar-refractivity contribution in [2.75, 3.05) is 19.6 Å². The van der Waals surface area contributed by atoms with E-state index in [1.165, 1.54) is 6.20 Å². The van der Waals surface area contributed by atoms with Crippen LogP contribution in [-0.2, 0) is 13.6 Å². The maximum Gasteiger partial charge on any atom is 0.339 e. The number of rotatable bonds is 6. The van der Waals surface area contributed by atoms with Gasteiger partial charge in [-0.1, -0.05) is 6.92 Å². The van der Waals surface area contributed by atoms with Gasteiger partial charge in [-0.05, 0) is 13.0 Å². The highest BCUT2D eigenvalue weighted by molar-refractivity contribution is 5.88. The Balaban J connectivity index is 2.14. The van der Waals surface area contributed by atoms with Crippen molar-refractivity contribution in [1.29, 1.82) is 0 Å². The summed E-state index contributed by atoms with van der Waals surface area (Å²) in [5, 5.41) is 16.4. The van der Waals surface area contributed by atoms with E-state index in [1.54, 1.807) is 11.7 Å². The third kappa shape index (κ3) is 2.54. The van der Waals surface area contributed by atoms with Crippen LogP contribution >= 0.6 is 0 Å². The molecule has 0 radical (unpaired) electrons. The molecule has 0 bridgehead atoms. The van der Waals surface area contributed by atoms with Crippen LogP contribution in [0.5, 0.6) is 0 Å². The Morgan fingerprint density at radius 2 is 2.39 bits per heavy atom. The van der Waals surface area contributed by atoms with Crippen molar-refractivity contribution in [3.05, 3.63) is 17.5 Å². The summed E-state index contributed by atoms with van der Waals surface area (Å²) in [5.74, 6) is -0.902. The molecule has 0 unspecified atom stereocenters. The molecule has 0 aliphatic carbocycles. The van der Waals surface area contributed by atoms with Gasteiger partial charge in [-0.2, -0.15) is 5.10 Å². The summed E-state index contributed by atoms with van der Waals surface area (Å²) >= 11 is 0. The Morgan fingerprint density at radius 1 is 1.67 bits per heavy atom. The fourth-order valence-corrected chi connectivity index (χ4v) is 2.23. The smallest absolute Gasteiger partial charge is 0.339 e. The van der Waals surface area contributed by atoms with E-state index in [2.05, 4.69) is 22.2 Å². The standard InChI is InChI=1S/C12H20N4O2/c1-3-4-16(9-5-13-6-9)8-11-10(12(17)18)7-14-15(11)2/h7,9,13H,3-6,8H2,1-2H3,(H,17,18). The predicted molar refractivity (Wildman–Crippen MR) is 67.5 cm³/mol. The van der Waals surface area contributed by atoms with Crippen LogP contribution < -0.4 is 5.32 Å². The number of nitrogens with one attached hydrogen (secondary N) is 1. The molecule has 6 nitrogen and oxygen atoms in total. The zero-order valence-corrected chi connectivity index (χ0v) is 10.9. The van der Waals surface area contributed by atoms with E-state index in [-0.39, 0.29) is 0 Å². The molecule has 0 saturated carbocycles. The van der Waals surface area contributed by atoms with Crippen LogP contribution in [0.4, 0.5) is 0 Å². The fourth-order valence-electron chi connectivity index (χ4n) is 2.23. The minimum Gasteiger partial charge on any atom is -0.478 e. The van der Waals surface area contributed by atoms with Crippen molar-refractivity contribution in [3.8, 4) is 0 Å². The average Bonchev–Trinajstić information content (AvgIpc) is 2.58. The van der Waals surface area contributed by atoms with E-state index < -0.39 is 5.97 Å². The van der Waals surface area contributed by atoms with E-state index >= 15 is 0 Å². The first-order chi connectivity index (χ1) is 8.63. The monoisotopic (exact) mass is 252 g/mol. The van der Waals surface area contributed by atoms with Crippen molar-refractivity contribution in [3.63, 3.8) is 0 Å². The van der Waals surface area contributed by atoms with Gasteiger partial charge in [0.2, 0.25) is 0 Å². The minimum atomic E-state index is -0.902. The van der Waals surface area contributed by atoms with E-state index in [1.807, 2.05) is 0 Å². The van der Waals surface area contributed by atoms with E-state index in [4.69, 9.17) is 5.11 Å². The Labute approximate surface area is 107 Å². The second-order valence-corrected chi connectivity index (χ2v) is 4.72. The topological polar surface area (TPSA) is 70.4 Å². The first-order valence-electron chi connectivity index (χ1n) is 6.32. The Morgan fingerprint density at radius 3 is 2.89 bits per heavy atom. The van der Waals surface area contributed by atoms with Crippen LogP contribution in [-0.4, -0.2) is 51.4 Å². The van der Waals surface area contributed by atoms with Crippen molar-refractivity contribution >= 4 is 5.97 Å². The number of carbonyl (C=O) groups is 1. The summed E-state index contributed by atoms with van der Waals surface area (Å²) in [7, 11) is 1.80. The summed E-state index contributed by atoms with van der Waals surface area (Å²) in [4.78, 5) is 13.5. The SMILES string of the molecule is CCCN(Cc1c(C(=O)O)cnn1C)C1CNC1. The lowest BCUT2D eigenvalue weighted by atomic mass is 10.1. The van der Waals surface area contributed by atoms with Crippen LogP contribution in [0, 0.1) is 0 Å². The van der Waals surface area contributed by atoms with E-state index in [0.29, 0.717) is 18.2 Å². The molecule has 0 aromatic carbocycles. The van der Waals surface area contributed by atoms with Gasteiger partial charge < -0.3 is 10.4 Å². The molecule has 1 aliphatic heterocycles. The Kier molecular flexibility index (Phi) is 3.98. The summed E-state index contributed by atoms with van der Waals surface area (Å²) in [6.07, 6.45) is 2.50. The van der Waals surface area contributed by atoms with E-state index in [0.717, 1.165) is 31.7 Å². The average molecular weight is 252 g/mol. The highest BCUT2D eigenvalue weighted by Gasteiger charge is 2.26. The van der Waals surface area contributed by atoms with Crippen molar-refractivity contribution in [2.24, 2.45) is 7.05 Å². The number of aromatic nitrogens is 2. The maximum atomic E-state index is 11.1. The summed E-state index contributed by atoms with van der Waals surface area (Å²) in [6.45, 7) is 5.75. The van der Waals surface area contributed by atoms with Gasteiger partial charge in [-0.15, -0.1) is 0 Å². The molecule has 0 spiro atoms. The number of aryl methyl sites for hydroxylation is 1. The highest BCUT2D eigenvalue weighted by atomic mass is 16.4. The Hall–Kier alpha value is -1.40. The van der Waals surface area contributed by atoms with Crippen molar-refractivity contribution in [1.82, 2.24) is 20.0 Å². The minimum absolute atomic E-state index is 0.311. The number of hydrogen-bond acceptors (Lipinski definition) is 4. The van der Waals surface area contributed by atoms with Crippen LogP contribution in [0.2, 0.25) is 0 Å². The van der Waals surface area contributed by atoms with Gasteiger partial charge >= 0.3 is 5.97 Å². The van der Waals surface area contributed by atoms with Gasteiger partial charge in [-0.25, -0.2) is 4.79 Å². The van der Waals surface area contributed by atoms with Gasteiger partial charge in [0, 0.05) is 32.7 Å². The van der Waals surface area contributed by atoms with Gasteiger partial charge in [0.05, 0.1) is 11.9 Å². The summed E-state index contributed by atoms with van der Waals surface area (Å²) in [5.41, 5.74) is 1.09. The third-order valence-electron chi connectivity index (χ3n) is 3.43. The normalized spacial score (nSPS) is 15.9. The zero-order valence-electron chi connectivity index (χ0n) is 10.9. The summed E-state index contributed by atoms with van der Waals surface area (Å²) < 4.78 is 1.66. The lowest BCUT2D eigenvalue weighted by Gasteiger charge is -2.38. The molecule has 1 aliphatic rings. The number of carboxylic acids is 1. The molecule has 1 aromatic rings. The highest BCUT2D eigenvalue weighted by Crippen LogP contribution is 2.15. The molecule has 2 N–H and O–H groups in total. The van der Waals surface area contributed by atoms with Gasteiger partial charge in [0.25, 0.3) is 0 Å². The molecule has 6 heteroatoms. The first-order valence-corrected chi connectivity index (χ1v) is 6.32. The maximum absolute atomic E-state index is 11.1. The van der Waals surface area contributed by atoms with Crippen LogP contribution in [0.3, 0.4) is 0 Å². The lowest BCUT2D eigenvalue weighted by molar-refractivity contribution is 0.0691. The molecule has 18 heavy (non-hydrogen) atoms. The van der Waals surface area contributed by atoms with E-state index in [9.17, 15) is 4.79 Å². The number of nitrogens with zero attached hydrogens (tertiary/aromatic N) is 3. The zero-order chi connectivity index (χ0) is 13.1. The van der Waals surface area contributed by atoms with Crippen LogP contribution in [0.25, 0.3) is 0 Å². The van der Waals surface area contributed by atoms with Crippen molar-refractivity contribution in [2.45, 2.75) is 25.9 Å². The molecule has 2 heterocycles. The second-order valence-electron chi connectivity index (χ2n) is 4.72. The molecule has 1 saturated heterocycles. The van der Waals surface area contributed by atoms with Gasteiger partial charge in [-0.3, -0.25) is 9.58 Å². The molecule has 2 rings (SSSR count). The summed E-state index contributed by atoms with van der Waals surface area (Å²) in [6, 6.07) is 0.515. The first kappa shape index (κ1) is 13.0. The molecule has 1 fully saturated rings. The molecule has 1 aromatic heterocycles. The fraction of sp³-hybridized carbons (Fsp3) is 0.667. The largest absolute Gasteiger partial charge is 0.478 e. The van der Waals surface area contributed by atoms with Gasteiger partial charge in [0.1, 0.15) is 5.56 Å². The second kappa shape index (κ2) is 5.49. The quantitative estimate of drug-likeness (QED) is 0.762. The molecule has 0 atom stereocenters. The predicted octanol–water partition coefficient (Wildman–Crippen LogP) is 0.302. The van der Waals surface area contributed by atoms with Crippen LogP contribution in [0.15, 0.2) is 6.20 Å². The Bertz CT molecular complexity index is 426. The number of aromatic carboxylic acids is 1. The molecular weight excluding hydrogens is 232 g/mol. The third-order valence-corrected chi connectivity index (χ3v) is 3.43. The number of hydrogen-bond donors (Lipinski definition) is 2. The number of carboxylic acid groups (broad SMARTS) is 1. The molecular formula is C12H20N4O2. The lowest BCUT2D eigenvalue weighted by Crippen LogP contribution is -2.57. The van der Waals surface area contributed by atoms with Crippen LogP contribution in [0.1, 0.15) is 29.4 Å². The van der Waals surface area contributed by atoms with Gasteiger partial charge in [0.15, 0.2) is 0 Å². The van der Waals surface area contributed by atoms with Crippen molar-refractivity contribution < 1.29 is 9.90 Å². The molecule has 0 amide bonds.